The van der Waals surface area contributed by atoms with Gasteiger partial charge < -0.3 is 4.57 Å². The fourth-order valence-corrected chi connectivity index (χ4v) is 1.96. The molecule has 0 bridgehead atoms. The number of benzene rings is 1. The lowest BCUT2D eigenvalue weighted by molar-refractivity contribution is 0.625. The number of aromatic nitrogens is 3. The molecule has 2 aromatic rings. The Balaban J connectivity index is 2.56. The summed E-state index contributed by atoms with van der Waals surface area (Å²) in [6.45, 7) is 4.47. The van der Waals surface area contributed by atoms with Gasteiger partial charge in [-0.15, -0.1) is 21.8 Å². The van der Waals surface area contributed by atoms with Gasteiger partial charge in [0.05, 0.1) is 11.4 Å². The molecule has 2 rings (SSSR count). The van der Waals surface area contributed by atoms with E-state index in [-0.39, 0.29) is 11.7 Å². The molecule has 0 aliphatic heterocycles. The maximum atomic E-state index is 13.9. The first-order valence-corrected chi connectivity index (χ1v) is 5.95. The molecule has 3 nitrogen and oxygen atoms in total. The number of rotatable bonds is 3. The van der Waals surface area contributed by atoms with Gasteiger partial charge in [-0.05, 0) is 31.5 Å². The third-order valence-corrected chi connectivity index (χ3v) is 2.87. The van der Waals surface area contributed by atoms with Gasteiger partial charge in [0.2, 0.25) is 0 Å². The van der Waals surface area contributed by atoms with Crippen molar-refractivity contribution in [3.63, 3.8) is 0 Å². The highest BCUT2D eigenvalue weighted by molar-refractivity contribution is 6.16. The predicted octanol–water partition coefficient (Wildman–Crippen LogP) is 3.15. The smallest absolute Gasteiger partial charge is 0.166 e. The van der Waals surface area contributed by atoms with Crippen molar-refractivity contribution >= 4 is 11.6 Å². The Hall–Kier alpha value is -1.42. The Bertz CT molecular complexity index is 537. The summed E-state index contributed by atoms with van der Waals surface area (Å²) < 4.78 is 15.7. The van der Waals surface area contributed by atoms with Crippen LogP contribution < -0.4 is 0 Å². The SMILES string of the molecule is CCn1c(CCl)nnc1-c1ccc(C)cc1F. The predicted molar refractivity (Wildman–Crippen MR) is 65.4 cm³/mol. The van der Waals surface area contributed by atoms with Gasteiger partial charge in [-0.1, -0.05) is 6.07 Å². The van der Waals surface area contributed by atoms with Gasteiger partial charge in [-0.2, -0.15) is 0 Å². The van der Waals surface area contributed by atoms with Crippen LogP contribution in [0.4, 0.5) is 4.39 Å². The largest absolute Gasteiger partial charge is 0.310 e. The zero-order chi connectivity index (χ0) is 12.4. The molecule has 0 saturated carbocycles. The van der Waals surface area contributed by atoms with Crippen LogP contribution >= 0.6 is 11.6 Å². The lowest BCUT2D eigenvalue weighted by atomic mass is 10.1. The number of hydrogen-bond donors (Lipinski definition) is 0. The average Bonchev–Trinajstić information content (AvgIpc) is 2.71. The molecule has 1 aromatic heterocycles. The molecule has 0 unspecified atom stereocenters. The van der Waals surface area contributed by atoms with Crippen LogP contribution in [0, 0.1) is 12.7 Å². The van der Waals surface area contributed by atoms with Crippen LogP contribution in [0.3, 0.4) is 0 Å². The van der Waals surface area contributed by atoms with Gasteiger partial charge in [-0.25, -0.2) is 4.39 Å². The van der Waals surface area contributed by atoms with Crippen molar-refractivity contribution < 1.29 is 4.39 Å². The zero-order valence-corrected chi connectivity index (χ0v) is 10.5. The summed E-state index contributed by atoms with van der Waals surface area (Å²) in [7, 11) is 0. The first-order chi connectivity index (χ1) is 8.17. The van der Waals surface area contributed by atoms with E-state index in [1.165, 1.54) is 6.07 Å². The zero-order valence-electron chi connectivity index (χ0n) is 9.74. The third-order valence-electron chi connectivity index (χ3n) is 2.63. The molecule has 0 aliphatic carbocycles. The van der Waals surface area contributed by atoms with E-state index in [0.29, 0.717) is 23.8 Å². The van der Waals surface area contributed by atoms with Crippen LogP contribution in [0.5, 0.6) is 0 Å². The minimum atomic E-state index is -0.284. The number of nitrogens with zero attached hydrogens (tertiary/aromatic N) is 3. The molecule has 90 valence electrons. The van der Waals surface area contributed by atoms with Crippen molar-refractivity contribution in [2.24, 2.45) is 0 Å². The van der Waals surface area contributed by atoms with Crippen LogP contribution in [0.15, 0.2) is 18.2 Å². The first-order valence-electron chi connectivity index (χ1n) is 5.42. The number of halogens is 2. The number of hydrogen-bond acceptors (Lipinski definition) is 2. The van der Waals surface area contributed by atoms with Crippen LogP contribution in [0.1, 0.15) is 18.3 Å². The average molecular weight is 254 g/mol. The normalized spacial score (nSPS) is 10.8. The molecule has 0 radical (unpaired) electrons. The summed E-state index contributed by atoms with van der Waals surface area (Å²) in [5, 5.41) is 7.97. The Labute approximate surface area is 104 Å². The molecule has 0 amide bonds. The molecule has 0 saturated heterocycles. The van der Waals surface area contributed by atoms with Crippen LogP contribution in [-0.4, -0.2) is 14.8 Å². The van der Waals surface area contributed by atoms with Crippen LogP contribution in [-0.2, 0) is 12.4 Å². The molecule has 1 heterocycles. The second kappa shape index (κ2) is 4.84. The van der Waals surface area contributed by atoms with E-state index in [0.717, 1.165) is 5.56 Å². The lowest BCUT2D eigenvalue weighted by Gasteiger charge is -2.07. The van der Waals surface area contributed by atoms with Gasteiger partial charge in [0.25, 0.3) is 0 Å². The Morgan fingerprint density at radius 1 is 1.35 bits per heavy atom. The summed E-state index contributed by atoms with van der Waals surface area (Å²) in [5.74, 6) is 1.17. The Morgan fingerprint density at radius 2 is 2.12 bits per heavy atom. The van der Waals surface area contributed by atoms with E-state index in [1.54, 1.807) is 6.07 Å². The highest BCUT2D eigenvalue weighted by atomic mass is 35.5. The molecule has 0 spiro atoms. The summed E-state index contributed by atoms with van der Waals surface area (Å²) in [6, 6.07) is 5.07. The molecule has 0 atom stereocenters. The monoisotopic (exact) mass is 253 g/mol. The van der Waals surface area contributed by atoms with Gasteiger partial charge >= 0.3 is 0 Å². The topological polar surface area (TPSA) is 30.7 Å². The van der Waals surface area contributed by atoms with Gasteiger partial charge in [0.1, 0.15) is 11.6 Å². The highest BCUT2D eigenvalue weighted by Crippen LogP contribution is 2.23. The van der Waals surface area contributed by atoms with Crippen molar-refractivity contribution in [2.75, 3.05) is 0 Å². The van der Waals surface area contributed by atoms with E-state index in [4.69, 9.17) is 11.6 Å². The van der Waals surface area contributed by atoms with Crippen molar-refractivity contribution in [2.45, 2.75) is 26.3 Å². The van der Waals surface area contributed by atoms with E-state index < -0.39 is 0 Å². The Morgan fingerprint density at radius 3 is 2.71 bits per heavy atom. The van der Waals surface area contributed by atoms with E-state index in [2.05, 4.69) is 10.2 Å². The van der Waals surface area contributed by atoms with Gasteiger partial charge in [0, 0.05) is 6.54 Å². The maximum Gasteiger partial charge on any atom is 0.166 e. The number of alkyl halides is 1. The summed E-state index contributed by atoms with van der Waals surface area (Å²) >= 11 is 5.76. The minimum absolute atomic E-state index is 0.272. The lowest BCUT2D eigenvalue weighted by Crippen LogP contribution is -2.03. The van der Waals surface area contributed by atoms with E-state index in [9.17, 15) is 4.39 Å². The maximum absolute atomic E-state index is 13.9. The molecule has 17 heavy (non-hydrogen) atoms. The minimum Gasteiger partial charge on any atom is -0.310 e. The molecular formula is C12H13ClFN3. The third kappa shape index (κ3) is 2.17. The molecule has 5 heteroatoms. The summed E-state index contributed by atoms with van der Waals surface area (Å²) in [6.07, 6.45) is 0. The van der Waals surface area contributed by atoms with Crippen molar-refractivity contribution in [1.29, 1.82) is 0 Å². The molecule has 0 N–H and O–H groups in total. The quantitative estimate of drug-likeness (QED) is 0.787. The van der Waals surface area contributed by atoms with Crippen molar-refractivity contribution in [3.05, 3.63) is 35.4 Å². The fraction of sp³-hybridized carbons (Fsp3) is 0.333. The van der Waals surface area contributed by atoms with Crippen molar-refractivity contribution in [1.82, 2.24) is 14.8 Å². The summed E-state index contributed by atoms with van der Waals surface area (Å²) in [5.41, 5.74) is 1.34. The second-order valence-corrected chi connectivity index (χ2v) is 4.07. The molecule has 0 aliphatic rings. The van der Waals surface area contributed by atoms with E-state index in [1.807, 2.05) is 24.5 Å². The first kappa shape index (κ1) is 12.0. The standard InChI is InChI=1S/C12H13ClFN3/c1-3-17-11(7-13)15-16-12(17)9-5-4-8(2)6-10(9)14/h4-6H,3,7H2,1-2H3. The van der Waals surface area contributed by atoms with Crippen molar-refractivity contribution in [3.8, 4) is 11.4 Å². The Kier molecular flexibility index (Phi) is 3.43. The summed E-state index contributed by atoms with van der Waals surface area (Å²) in [4.78, 5) is 0. The van der Waals surface area contributed by atoms with Gasteiger partial charge in [0.15, 0.2) is 5.82 Å². The fourth-order valence-electron chi connectivity index (χ4n) is 1.77. The van der Waals surface area contributed by atoms with E-state index >= 15 is 0 Å². The van der Waals surface area contributed by atoms with Gasteiger partial charge in [-0.3, -0.25) is 0 Å². The molecule has 0 fully saturated rings. The van der Waals surface area contributed by atoms with Crippen LogP contribution in [0.25, 0.3) is 11.4 Å². The van der Waals surface area contributed by atoms with Crippen LogP contribution in [0.2, 0.25) is 0 Å². The molecule has 1 aromatic carbocycles. The number of aryl methyl sites for hydroxylation is 1. The molecular weight excluding hydrogens is 241 g/mol. The highest BCUT2D eigenvalue weighted by Gasteiger charge is 2.15. The second-order valence-electron chi connectivity index (χ2n) is 3.80.